The second-order valence-electron chi connectivity index (χ2n) is 5.95. The Bertz CT molecular complexity index is 851. The predicted molar refractivity (Wildman–Crippen MR) is 126 cm³/mol. The fraction of sp³-hybridized carbons (Fsp3) is 0.444. The summed E-state index contributed by atoms with van der Waals surface area (Å²) in [6.45, 7) is 6.31. The molecule has 0 aliphatic rings. The maximum atomic E-state index is 11.3. The molecule has 10 heteroatoms. The summed E-state index contributed by atoms with van der Waals surface area (Å²) in [5.74, 6) is 0.769. The Morgan fingerprint density at radius 3 is 2.46 bits per heavy atom. The van der Waals surface area contributed by atoms with E-state index >= 15 is 0 Å². The number of thiazole rings is 1. The molecule has 0 fully saturated rings. The molecule has 28 heavy (non-hydrogen) atoms. The van der Waals surface area contributed by atoms with Crippen LogP contribution in [0.25, 0.3) is 0 Å². The van der Waals surface area contributed by atoms with Gasteiger partial charge >= 0.3 is 0 Å². The molecule has 1 aromatic carbocycles. The second-order valence-corrected chi connectivity index (χ2v) is 8.71. The first kappa shape index (κ1) is 24.8. The number of hydrogen-bond acceptors (Lipinski definition) is 5. The quantitative estimate of drug-likeness (QED) is 0.259. The van der Waals surface area contributed by atoms with Crippen LogP contribution in [0.15, 0.2) is 40.4 Å². The van der Waals surface area contributed by atoms with Crippen LogP contribution in [-0.2, 0) is 29.3 Å². The lowest BCUT2D eigenvalue weighted by Gasteiger charge is -2.11. The Labute approximate surface area is 188 Å². The molecule has 0 saturated carbocycles. The molecule has 0 atom stereocenters. The molecule has 7 nitrogen and oxygen atoms in total. The molecule has 4 N–H and O–H groups in total. The minimum Gasteiger partial charge on any atom is -0.357 e. The van der Waals surface area contributed by atoms with Crippen LogP contribution in [0.2, 0.25) is 0 Å². The van der Waals surface area contributed by atoms with Gasteiger partial charge in [-0.05, 0) is 37.5 Å². The van der Waals surface area contributed by atoms with E-state index < -0.39 is 10.0 Å². The van der Waals surface area contributed by atoms with E-state index in [2.05, 4.69) is 27.5 Å². The van der Waals surface area contributed by atoms with Crippen molar-refractivity contribution in [2.45, 2.75) is 38.0 Å². The number of aliphatic imine (C=N–C) groups is 1. The fourth-order valence-electron chi connectivity index (χ4n) is 2.40. The largest absolute Gasteiger partial charge is 0.357 e. The van der Waals surface area contributed by atoms with Gasteiger partial charge < -0.3 is 10.6 Å². The van der Waals surface area contributed by atoms with Crippen molar-refractivity contribution in [3.63, 3.8) is 0 Å². The second kappa shape index (κ2) is 12.3. The van der Waals surface area contributed by atoms with Gasteiger partial charge in [0.05, 0.1) is 9.90 Å². The number of aryl methyl sites for hydroxylation is 1. The summed E-state index contributed by atoms with van der Waals surface area (Å²) in [5.41, 5.74) is 1.03. The van der Waals surface area contributed by atoms with E-state index in [-0.39, 0.29) is 28.9 Å². The third-order valence-corrected chi connectivity index (χ3v) is 5.98. The first-order chi connectivity index (χ1) is 12.9. The van der Waals surface area contributed by atoms with Gasteiger partial charge in [-0.15, -0.1) is 35.3 Å². The molecule has 1 aromatic heterocycles. The van der Waals surface area contributed by atoms with E-state index in [1.54, 1.807) is 23.5 Å². The van der Waals surface area contributed by atoms with Crippen LogP contribution in [0.5, 0.6) is 0 Å². The molecule has 2 aromatic rings. The standard InChI is InChI=1S/C18H27N5O2S2.HI/c1-3-15-13-23-17(26-15)10-12-22-18(20-4-2)21-11-9-14-5-7-16(8-6-14)27(19,24)25;/h5-8,13H,3-4,9-12H2,1-2H3,(H2,19,24,25)(H2,20,21,22);1H. The van der Waals surface area contributed by atoms with Crippen molar-refractivity contribution in [2.24, 2.45) is 10.1 Å². The summed E-state index contributed by atoms with van der Waals surface area (Å²) in [6.07, 6.45) is 4.54. The summed E-state index contributed by atoms with van der Waals surface area (Å²) in [4.78, 5) is 10.4. The molecule has 1 heterocycles. The summed E-state index contributed by atoms with van der Waals surface area (Å²) in [6, 6.07) is 6.61. The van der Waals surface area contributed by atoms with Crippen molar-refractivity contribution in [2.75, 3.05) is 19.6 Å². The fourth-order valence-corrected chi connectivity index (χ4v) is 3.77. The molecule has 0 amide bonds. The van der Waals surface area contributed by atoms with Gasteiger partial charge in [0.15, 0.2) is 5.96 Å². The van der Waals surface area contributed by atoms with Gasteiger partial charge in [-0.1, -0.05) is 19.1 Å². The van der Waals surface area contributed by atoms with Crippen LogP contribution >= 0.6 is 35.3 Å². The number of guanidine groups is 1. The highest BCUT2D eigenvalue weighted by molar-refractivity contribution is 14.0. The number of nitrogens with two attached hydrogens (primary N) is 1. The van der Waals surface area contributed by atoms with Crippen LogP contribution in [0.1, 0.15) is 29.3 Å². The molecule has 156 valence electrons. The summed E-state index contributed by atoms with van der Waals surface area (Å²) in [7, 11) is -3.64. The van der Waals surface area contributed by atoms with Gasteiger partial charge in [-0.25, -0.2) is 18.5 Å². The van der Waals surface area contributed by atoms with Crippen molar-refractivity contribution in [3.05, 3.63) is 45.9 Å². The number of hydrogen-bond donors (Lipinski definition) is 3. The molecule has 0 bridgehead atoms. The first-order valence-corrected chi connectivity index (χ1v) is 11.4. The van der Waals surface area contributed by atoms with Crippen LogP contribution in [0.4, 0.5) is 0 Å². The number of halogens is 1. The number of aromatic nitrogens is 1. The number of benzene rings is 1. The Hall–Kier alpha value is -1.24. The average molecular weight is 537 g/mol. The monoisotopic (exact) mass is 537 g/mol. The molecule has 0 radical (unpaired) electrons. The normalized spacial score (nSPS) is 11.8. The van der Waals surface area contributed by atoms with E-state index in [0.717, 1.165) is 42.3 Å². The van der Waals surface area contributed by atoms with E-state index in [0.29, 0.717) is 13.1 Å². The smallest absolute Gasteiger partial charge is 0.238 e. The molecule has 2 rings (SSSR count). The third kappa shape index (κ3) is 8.41. The third-order valence-electron chi connectivity index (χ3n) is 3.85. The zero-order valence-electron chi connectivity index (χ0n) is 16.1. The summed E-state index contributed by atoms with van der Waals surface area (Å²) >= 11 is 1.74. The van der Waals surface area contributed by atoms with Crippen molar-refractivity contribution < 1.29 is 8.42 Å². The van der Waals surface area contributed by atoms with Crippen LogP contribution in [-0.4, -0.2) is 39.0 Å². The van der Waals surface area contributed by atoms with Gasteiger partial charge in [-0.3, -0.25) is 4.99 Å². The summed E-state index contributed by atoms with van der Waals surface area (Å²) < 4.78 is 22.6. The maximum Gasteiger partial charge on any atom is 0.238 e. The average Bonchev–Trinajstić information content (AvgIpc) is 3.09. The number of rotatable bonds is 9. The zero-order chi connectivity index (χ0) is 19.7. The van der Waals surface area contributed by atoms with Crippen molar-refractivity contribution in [3.8, 4) is 0 Å². The van der Waals surface area contributed by atoms with E-state index in [4.69, 9.17) is 5.14 Å². The number of nitrogens with zero attached hydrogens (tertiary/aromatic N) is 2. The van der Waals surface area contributed by atoms with Gasteiger partial charge in [0.25, 0.3) is 0 Å². The molecule has 0 aliphatic carbocycles. The topological polar surface area (TPSA) is 109 Å². The molecule has 0 aliphatic heterocycles. The molecule has 0 saturated heterocycles. The SMILES string of the molecule is CCNC(=NCCc1ncc(CC)s1)NCCc1ccc(S(N)(=O)=O)cc1.I. The Balaban J connectivity index is 0.00000392. The highest BCUT2D eigenvalue weighted by Crippen LogP contribution is 2.13. The minimum atomic E-state index is -3.64. The minimum absolute atomic E-state index is 0. The molecular formula is C18H28IN5O2S2. The Morgan fingerprint density at radius 1 is 1.18 bits per heavy atom. The zero-order valence-corrected chi connectivity index (χ0v) is 20.1. The number of primary sulfonamides is 1. The number of sulfonamides is 1. The molecule has 0 spiro atoms. The van der Waals surface area contributed by atoms with Crippen LogP contribution in [0, 0.1) is 0 Å². The Kier molecular flexibility index (Phi) is 10.9. The van der Waals surface area contributed by atoms with Crippen LogP contribution < -0.4 is 15.8 Å². The van der Waals surface area contributed by atoms with Gasteiger partial charge in [-0.2, -0.15) is 0 Å². The number of nitrogens with one attached hydrogen (secondary N) is 2. The van der Waals surface area contributed by atoms with E-state index in [1.165, 1.54) is 17.0 Å². The highest BCUT2D eigenvalue weighted by Gasteiger charge is 2.07. The first-order valence-electron chi connectivity index (χ1n) is 9.00. The van der Waals surface area contributed by atoms with Crippen molar-refractivity contribution >= 4 is 51.3 Å². The predicted octanol–water partition coefficient (Wildman–Crippen LogP) is 2.31. The van der Waals surface area contributed by atoms with Crippen molar-refractivity contribution in [1.29, 1.82) is 0 Å². The lowest BCUT2D eigenvalue weighted by atomic mass is 10.1. The van der Waals surface area contributed by atoms with Gasteiger partial charge in [0.1, 0.15) is 0 Å². The van der Waals surface area contributed by atoms with Crippen molar-refractivity contribution in [1.82, 2.24) is 15.6 Å². The molecular weight excluding hydrogens is 509 g/mol. The maximum absolute atomic E-state index is 11.3. The lowest BCUT2D eigenvalue weighted by Crippen LogP contribution is -2.38. The van der Waals surface area contributed by atoms with E-state index in [9.17, 15) is 8.42 Å². The Morgan fingerprint density at radius 2 is 1.89 bits per heavy atom. The van der Waals surface area contributed by atoms with Gasteiger partial charge in [0, 0.05) is 37.1 Å². The van der Waals surface area contributed by atoms with Crippen LogP contribution in [0.3, 0.4) is 0 Å². The lowest BCUT2D eigenvalue weighted by molar-refractivity contribution is 0.598. The van der Waals surface area contributed by atoms with Gasteiger partial charge in [0.2, 0.25) is 10.0 Å². The highest BCUT2D eigenvalue weighted by atomic mass is 127. The summed E-state index contributed by atoms with van der Waals surface area (Å²) in [5, 5.41) is 12.7. The molecule has 0 unspecified atom stereocenters. The van der Waals surface area contributed by atoms with E-state index in [1.807, 2.05) is 13.1 Å².